The molecule has 0 aliphatic rings. The standard InChI is InChI=1S/C21H28N2O/c1-4-10-20(17-11-6-5-7-12-17)21(24)22-15-18-13-8-9-14-19(18)16-23(2)3/h5-9,11-14,20H,4,10,15-16H2,1-3H3,(H,22,24)/p+1/t20-/m0/s1. The zero-order valence-electron chi connectivity index (χ0n) is 15.0. The quantitative estimate of drug-likeness (QED) is 0.768. The van der Waals surface area contributed by atoms with Crippen molar-refractivity contribution in [1.29, 1.82) is 0 Å². The van der Waals surface area contributed by atoms with Crippen molar-refractivity contribution in [2.75, 3.05) is 14.1 Å². The molecule has 2 aromatic rings. The lowest BCUT2D eigenvalue weighted by Gasteiger charge is -2.18. The number of hydrogen-bond donors (Lipinski definition) is 2. The Hall–Kier alpha value is -2.13. The van der Waals surface area contributed by atoms with Gasteiger partial charge in [0.1, 0.15) is 6.54 Å². The number of quaternary nitrogens is 1. The predicted molar refractivity (Wildman–Crippen MR) is 98.9 cm³/mol. The van der Waals surface area contributed by atoms with Crippen LogP contribution in [0.4, 0.5) is 0 Å². The van der Waals surface area contributed by atoms with E-state index in [1.807, 2.05) is 36.4 Å². The third-order valence-electron chi connectivity index (χ3n) is 4.21. The molecule has 3 heteroatoms. The smallest absolute Gasteiger partial charge is 0.227 e. The van der Waals surface area contributed by atoms with Crippen LogP contribution in [-0.2, 0) is 17.9 Å². The highest BCUT2D eigenvalue weighted by atomic mass is 16.1. The first-order valence-corrected chi connectivity index (χ1v) is 8.80. The molecule has 0 aliphatic carbocycles. The largest absolute Gasteiger partial charge is 0.351 e. The molecule has 0 unspecified atom stereocenters. The Kier molecular flexibility index (Phi) is 7.01. The summed E-state index contributed by atoms with van der Waals surface area (Å²) in [4.78, 5) is 14.1. The van der Waals surface area contributed by atoms with E-state index in [4.69, 9.17) is 0 Å². The topological polar surface area (TPSA) is 33.5 Å². The van der Waals surface area contributed by atoms with Crippen LogP contribution in [0.5, 0.6) is 0 Å². The first-order valence-electron chi connectivity index (χ1n) is 8.80. The van der Waals surface area contributed by atoms with Crippen molar-refractivity contribution in [3.8, 4) is 0 Å². The Morgan fingerprint density at radius 2 is 1.62 bits per heavy atom. The Morgan fingerprint density at radius 1 is 1.00 bits per heavy atom. The Labute approximate surface area is 145 Å². The fourth-order valence-electron chi connectivity index (χ4n) is 3.01. The van der Waals surface area contributed by atoms with Gasteiger partial charge in [-0.15, -0.1) is 0 Å². The van der Waals surface area contributed by atoms with E-state index in [1.165, 1.54) is 16.0 Å². The minimum Gasteiger partial charge on any atom is -0.351 e. The number of carbonyl (C=O) groups is 1. The number of hydrogen-bond acceptors (Lipinski definition) is 1. The molecule has 0 radical (unpaired) electrons. The molecule has 0 fully saturated rings. The van der Waals surface area contributed by atoms with Crippen LogP contribution in [0.2, 0.25) is 0 Å². The zero-order chi connectivity index (χ0) is 17.4. The van der Waals surface area contributed by atoms with Gasteiger partial charge >= 0.3 is 0 Å². The molecule has 0 aromatic heterocycles. The van der Waals surface area contributed by atoms with Gasteiger partial charge < -0.3 is 10.2 Å². The molecular weight excluding hydrogens is 296 g/mol. The SMILES string of the molecule is CCC[C@H](C(=O)NCc1ccccc1C[NH+](C)C)c1ccccc1. The van der Waals surface area contributed by atoms with Crippen molar-refractivity contribution in [3.63, 3.8) is 0 Å². The maximum Gasteiger partial charge on any atom is 0.227 e. The Bertz CT molecular complexity index is 637. The summed E-state index contributed by atoms with van der Waals surface area (Å²) in [5, 5.41) is 3.15. The average molecular weight is 325 g/mol. The molecule has 0 heterocycles. The molecule has 0 saturated carbocycles. The second-order valence-electron chi connectivity index (χ2n) is 6.62. The molecular formula is C21H29N2O+. The van der Waals surface area contributed by atoms with Gasteiger partial charge in [-0.1, -0.05) is 67.9 Å². The lowest BCUT2D eigenvalue weighted by Crippen LogP contribution is -3.04. The Balaban J connectivity index is 2.06. The second-order valence-corrected chi connectivity index (χ2v) is 6.62. The minimum absolute atomic E-state index is 0.0668. The van der Waals surface area contributed by atoms with Crippen LogP contribution in [0.25, 0.3) is 0 Å². The van der Waals surface area contributed by atoms with Gasteiger partial charge in [0.2, 0.25) is 5.91 Å². The summed E-state index contributed by atoms with van der Waals surface area (Å²) in [5.74, 6) is 0.0536. The molecule has 128 valence electrons. The molecule has 1 amide bonds. The Morgan fingerprint density at radius 3 is 2.25 bits per heavy atom. The number of benzene rings is 2. The summed E-state index contributed by atoms with van der Waals surface area (Å²) in [5.41, 5.74) is 3.60. The normalized spacial score (nSPS) is 12.2. The van der Waals surface area contributed by atoms with Gasteiger partial charge in [-0.25, -0.2) is 0 Å². The van der Waals surface area contributed by atoms with E-state index in [2.05, 4.69) is 44.5 Å². The summed E-state index contributed by atoms with van der Waals surface area (Å²) in [6.45, 7) is 3.68. The third kappa shape index (κ3) is 5.20. The fraction of sp³-hybridized carbons (Fsp3) is 0.381. The van der Waals surface area contributed by atoms with Gasteiger partial charge in [0.05, 0.1) is 20.0 Å². The number of rotatable bonds is 8. The maximum atomic E-state index is 12.7. The summed E-state index contributed by atoms with van der Waals surface area (Å²) in [6.07, 6.45) is 1.87. The lowest BCUT2D eigenvalue weighted by atomic mass is 9.93. The second kappa shape index (κ2) is 9.24. The van der Waals surface area contributed by atoms with Crippen LogP contribution in [0, 0.1) is 0 Å². The summed E-state index contributed by atoms with van der Waals surface area (Å²) >= 11 is 0. The highest BCUT2D eigenvalue weighted by Crippen LogP contribution is 2.21. The van der Waals surface area contributed by atoms with E-state index in [0.717, 1.165) is 24.9 Å². The van der Waals surface area contributed by atoms with Gasteiger partial charge in [0.15, 0.2) is 0 Å². The molecule has 0 aliphatic heterocycles. The van der Waals surface area contributed by atoms with Crippen molar-refractivity contribution in [1.82, 2.24) is 5.32 Å². The van der Waals surface area contributed by atoms with E-state index in [1.54, 1.807) is 0 Å². The molecule has 0 bridgehead atoms. The van der Waals surface area contributed by atoms with Gasteiger partial charge in [-0.2, -0.15) is 0 Å². The van der Waals surface area contributed by atoms with Crippen LogP contribution in [0.15, 0.2) is 54.6 Å². The molecule has 0 saturated heterocycles. The number of carbonyl (C=O) groups excluding carboxylic acids is 1. The summed E-state index contributed by atoms with van der Waals surface area (Å²) in [6, 6.07) is 18.4. The van der Waals surface area contributed by atoms with Crippen molar-refractivity contribution in [2.45, 2.75) is 38.8 Å². The van der Waals surface area contributed by atoms with E-state index in [-0.39, 0.29) is 11.8 Å². The van der Waals surface area contributed by atoms with Crippen molar-refractivity contribution < 1.29 is 9.69 Å². The number of nitrogens with one attached hydrogen (secondary N) is 2. The maximum absolute atomic E-state index is 12.7. The van der Waals surface area contributed by atoms with Crippen molar-refractivity contribution >= 4 is 5.91 Å². The molecule has 1 atom stereocenters. The van der Waals surface area contributed by atoms with Crippen molar-refractivity contribution in [2.24, 2.45) is 0 Å². The third-order valence-corrected chi connectivity index (χ3v) is 4.21. The average Bonchev–Trinajstić information content (AvgIpc) is 2.59. The van der Waals surface area contributed by atoms with Gasteiger partial charge in [0.25, 0.3) is 0 Å². The van der Waals surface area contributed by atoms with Crippen LogP contribution in [0.1, 0.15) is 42.4 Å². The monoisotopic (exact) mass is 325 g/mol. The van der Waals surface area contributed by atoms with Gasteiger partial charge in [0, 0.05) is 12.1 Å². The van der Waals surface area contributed by atoms with E-state index in [0.29, 0.717) is 6.54 Å². The number of amides is 1. The molecule has 2 rings (SSSR count). The van der Waals surface area contributed by atoms with Crippen LogP contribution in [-0.4, -0.2) is 20.0 Å². The van der Waals surface area contributed by atoms with Gasteiger partial charge in [-0.3, -0.25) is 4.79 Å². The first kappa shape index (κ1) is 18.2. The first-order chi connectivity index (χ1) is 11.6. The van der Waals surface area contributed by atoms with Crippen molar-refractivity contribution in [3.05, 3.63) is 71.3 Å². The molecule has 2 aromatic carbocycles. The summed E-state index contributed by atoms with van der Waals surface area (Å²) < 4.78 is 0. The molecule has 24 heavy (non-hydrogen) atoms. The van der Waals surface area contributed by atoms with Crippen LogP contribution < -0.4 is 10.2 Å². The van der Waals surface area contributed by atoms with Crippen LogP contribution in [0.3, 0.4) is 0 Å². The molecule has 3 nitrogen and oxygen atoms in total. The van der Waals surface area contributed by atoms with Crippen LogP contribution >= 0.6 is 0 Å². The molecule has 2 N–H and O–H groups in total. The predicted octanol–water partition coefficient (Wildman–Crippen LogP) is 2.53. The highest BCUT2D eigenvalue weighted by Gasteiger charge is 2.19. The zero-order valence-corrected chi connectivity index (χ0v) is 15.0. The van der Waals surface area contributed by atoms with E-state index in [9.17, 15) is 4.79 Å². The van der Waals surface area contributed by atoms with Gasteiger partial charge in [-0.05, 0) is 17.5 Å². The minimum atomic E-state index is -0.0668. The molecule has 0 spiro atoms. The van der Waals surface area contributed by atoms with E-state index >= 15 is 0 Å². The van der Waals surface area contributed by atoms with E-state index < -0.39 is 0 Å². The summed E-state index contributed by atoms with van der Waals surface area (Å²) in [7, 11) is 4.28. The lowest BCUT2D eigenvalue weighted by molar-refractivity contribution is -0.872. The fourth-order valence-corrected chi connectivity index (χ4v) is 3.01. The highest BCUT2D eigenvalue weighted by molar-refractivity contribution is 5.83.